The number of halogens is 1. The lowest BCUT2D eigenvalue weighted by molar-refractivity contribution is 0.102. The second-order valence-electron chi connectivity index (χ2n) is 7.15. The molecule has 0 saturated heterocycles. The first-order valence-electron chi connectivity index (χ1n) is 10.0. The Balaban J connectivity index is 1.38. The summed E-state index contributed by atoms with van der Waals surface area (Å²) in [7, 11) is 1.60. The zero-order valence-corrected chi connectivity index (χ0v) is 18.3. The van der Waals surface area contributed by atoms with Gasteiger partial charge in [-0.25, -0.2) is 0 Å². The Bertz CT molecular complexity index is 1220. The number of nitrogens with one attached hydrogen (secondary N) is 1. The van der Waals surface area contributed by atoms with Crippen LogP contribution < -0.4 is 14.8 Å². The molecule has 4 rings (SSSR count). The number of para-hydroxylation sites is 2. The minimum Gasteiger partial charge on any atom is -0.493 e. The molecular formula is C25H22ClN3O3. The van der Waals surface area contributed by atoms with Crippen molar-refractivity contribution < 1.29 is 14.3 Å². The molecule has 6 nitrogen and oxygen atoms in total. The third-order valence-electron chi connectivity index (χ3n) is 4.78. The van der Waals surface area contributed by atoms with Gasteiger partial charge in [0.2, 0.25) is 0 Å². The molecule has 0 aliphatic rings. The number of methoxy groups -OCH3 is 1. The molecule has 162 valence electrons. The third kappa shape index (κ3) is 5.47. The van der Waals surface area contributed by atoms with Crippen LogP contribution in [0.25, 0.3) is 0 Å². The lowest BCUT2D eigenvalue weighted by atomic mass is 10.1. The van der Waals surface area contributed by atoms with Gasteiger partial charge in [-0.2, -0.15) is 5.10 Å². The third-order valence-corrected chi connectivity index (χ3v) is 5.01. The first-order chi connectivity index (χ1) is 15.6. The molecule has 0 aliphatic heterocycles. The maximum atomic E-state index is 12.7. The van der Waals surface area contributed by atoms with Crippen LogP contribution in [0.2, 0.25) is 5.02 Å². The van der Waals surface area contributed by atoms with Crippen LogP contribution in [0.5, 0.6) is 11.5 Å². The van der Waals surface area contributed by atoms with E-state index in [1.165, 1.54) is 0 Å². The topological polar surface area (TPSA) is 65.4 Å². The van der Waals surface area contributed by atoms with Crippen molar-refractivity contribution in [2.24, 2.45) is 0 Å². The molecular weight excluding hydrogens is 426 g/mol. The predicted octanol–water partition coefficient (Wildman–Crippen LogP) is 5.42. The fourth-order valence-corrected chi connectivity index (χ4v) is 3.45. The highest BCUT2D eigenvalue weighted by atomic mass is 35.5. The zero-order valence-electron chi connectivity index (χ0n) is 17.5. The number of nitrogens with zero attached hydrogens (tertiary/aromatic N) is 2. The Kier molecular flexibility index (Phi) is 6.72. The average molecular weight is 448 g/mol. The van der Waals surface area contributed by atoms with Gasteiger partial charge in [-0.05, 0) is 47.5 Å². The molecule has 1 aromatic heterocycles. The van der Waals surface area contributed by atoms with E-state index in [2.05, 4.69) is 10.4 Å². The van der Waals surface area contributed by atoms with Crippen LogP contribution >= 0.6 is 11.6 Å². The van der Waals surface area contributed by atoms with Crippen molar-refractivity contribution in [3.63, 3.8) is 0 Å². The standard InChI is InChI=1S/C25H22ClN3O3/c1-31-23-10-2-3-11-24(23)32-17-19-7-4-8-20(12-19)25(30)28-22-14-27-29(16-22)15-18-6-5-9-21(26)13-18/h2-14,16H,15,17H2,1H3,(H,28,30). The van der Waals surface area contributed by atoms with Gasteiger partial charge in [-0.3, -0.25) is 9.48 Å². The highest BCUT2D eigenvalue weighted by Gasteiger charge is 2.10. The van der Waals surface area contributed by atoms with Gasteiger partial charge in [0.15, 0.2) is 11.5 Å². The summed E-state index contributed by atoms with van der Waals surface area (Å²) in [5.41, 5.74) is 3.06. The van der Waals surface area contributed by atoms with E-state index in [1.54, 1.807) is 36.3 Å². The second kappa shape index (κ2) is 10.0. The second-order valence-corrected chi connectivity index (χ2v) is 7.59. The van der Waals surface area contributed by atoms with Gasteiger partial charge in [0.05, 0.1) is 25.5 Å². The minimum atomic E-state index is -0.216. The summed E-state index contributed by atoms with van der Waals surface area (Å²) in [4.78, 5) is 12.7. The average Bonchev–Trinajstić information content (AvgIpc) is 3.24. The molecule has 0 fully saturated rings. The van der Waals surface area contributed by atoms with Crippen molar-refractivity contribution in [1.82, 2.24) is 9.78 Å². The van der Waals surface area contributed by atoms with Gasteiger partial charge >= 0.3 is 0 Å². The number of carbonyl (C=O) groups excluding carboxylic acids is 1. The number of hydrogen-bond donors (Lipinski definition) is 1. The summed E-state index contributed by atoms with van der Waals surface area (Å²) in [6.07, 6.45) is 3.41. The number of carbonyl (C=O) groups is 1. The number of ether oxygens (including phenoxy) is 2. The van der Waals surface area contributed by atoms with Crippen LogP contribution in [0.3, 0.4) is 0 Å². The van der Waals surface area contributed by atoms with E-state index in [0.717, 1.165) is 11.1 Å². The normalized spacial score (nSPS) is 10.6. The summed E-state index contributed by atoms with van der Waals surface area (Å²) in [5.74, 6) is 1.10. The molecule has 0 spiro atoms. The number of anilines is 1. The molecule has 7 heteroatoms. The van der Waals surface area contributed by atoms with E-state index < -0.39 is 0 Å². The predicted molar refractivity (Wildman–Crippen MR) is 125 cm³/mol. The smallest absolute Gasteiger partial charge is 0.255 e. The number of hydrogen-bond acceptors (Lipinski definition) is 4. The van der Waals surface area contributed by atoms with Crippen molar-refractivity contribution in [2.45, 2.75) is 13.2 Å². The zero-order chi connectivity index (χ0) is 22.3. The van der Waals surface area contributed by atoms with Gasteiger partial charge in [0.1, 0.15) is 6.61 Å². The molecule has 0 bridgehead atoms. The molecule has 4 aromatic rings. The maximum Gasteiger partial charge on any atom is 0.255 e. The van der Waals surface area contributed by atoms with Gasteiger partial charge in [-0.15, -0.1) is 0 Å². The lowest BCUT2D eigenvalue weighted by Gasteiger charge is -2.11. The van der Waals surface area contributed by atoms with E-state index in [1.807, 2.05) is 60.7 Å². The molecule has 0 unspecified atom stereocenters. The van der Waals surface area contributed by atoms with E-state index in [0.29, 0.717) is 40.9 Å². The summed E-state index contributed by atoms with van der Waals surface area (Å²) in [6, 6.07) is 22.4. The van der Waals surface area contributed by atoms with Gasteiger partial charge in [-0.1, -0.05) is 48.0 Å². The Morgan fingerprint density at radius 3 is 2.59 bits per heavy atom. The summed E-state index contributed by atoms with van der Waals surface area (Å²) < 4.78 is 12.9. The molecule has 0 radical (unpaired) electrons. The van der Waals surface area contributed by atoms with Gasteiger partial charge in [0, 0.05) is 16.8 Å². The lowest BCUT2D eigenvalue weighted by Crippen LogP contribution is -2.12. The quantitative estimate of drug-likeness (QED) is 0.391. The molecule has 0 atom stereocenters. The summed E-state index contributed by atoms with van der Waals surface area (Å²) in [6.45, 7) is 0.880. The molecule has 1 heterocycles. The van der Waals surface area contributed by atoms with E-state index in [-0.39, 0.29) is 5.91 Å². The Morgan fingerprint density at radius 2 is 1.78 bits per heavy atom. The molecule has 0 saturated carbocycles. The highest BCUT2D eigenvalue weighted by Crippen LogP contribution is 2.26. The fraction of sp³-hybridized carbons (Fsp3) is 0.120. The van der Waals surface area contributed by atoms with Crippen LogP contribution in [0.1, 0.15) is 21.5 Å². The minimum absolute atomic E-state index is 0.216. The van der Waals surface area contributed by atoms with Crippen molar-refractivity contribution in [1.29, 1.82) is 0 Å². The van der Waals surface area contributed by atoms with Crippen LogP contribution in [0.15, 0.2) is 85.2 Å². The number of rotatable bonds is 8. The van der Waals surface area contributed by atoms with E-state index >= 15 is 0 Å². The Morgan fingerprint density at radius 1 is 1.00 bits per heavy atom. The summed E-state index contributed by atoms with van der Waals surface area (Å²) >= 11 is 6.04. The number of aromatic nitrogens is 2. The molecule has 0 aliphatic carbocycles. The van der Waals surface area contributed by atoms with Crippen LogP contribution in [0.4, 0.5) is 5.69 Å². The highest BCUT2D eigenvalue weighted by molar-refractivity contribution is 6.30. The van der Waals surface area contributed by atoms with E-state index in [4.69, 9.17) is 21.1 Å². The number of benzene rings is 3. The van der Waals surface area contributed by atoms with Crippen molar-refractivity contribution in [3.05, 3.63) is 107 Å². The fourth-order valence-electron chi connectivity index (χ4n) is 3.24. The van der Waals surface area contributed by atoms with Gasteiger partial charge < -0.3 is 14.8 Å². The molecule has 32 heavy (non-hydrogen) atoms. The Labute approximate surface area is 191 Å². The maximum absolute atomic E-state index is 12.7. The molecule has 1 amide bonds. The van der Waals surface area contributed by atoms with Crippen LogP contribution in [0, 0.1) is 0 Å². The van der Waals surface area contributed by atoms with Crippen LogP contribution in [-0.2, 0) is 13.2 Å². The van der Waals surface area contributed by atoms with Crippen LogP contribution in [-0.4, -0.2) is 22.8 Å². The SMILES string of the molecule is COc1ccccc1OCc1cccc(C(=O)Nc2cnn(Cc3cccc(Cl)c3)c2)c1. The largest absolute Gasteiger partial charge is 0.493 e. The number of amides is 1. The molecule has 3 aromatic carbocycles. The monoisotopic (exact) mass is 447 g/mol. The van der Waals surface area contributed by atoms with Gasteiger partial charge in [0.25, 0.3) is 5.91 Å². The summed E-state index contributed by atoms with van der Waals surface area (Å²) in [5, 5.41) is 7.88. The van der Waals surface area contributed by atoms with Crippen molar-refractivity contribution >= 4 is 23.2 Å². The molecule has 1 N–H and O–H groups in total. The first kappa shape index (κ1) is 21.5. The van der Waals surface area contributed by atoms with Crippen molar-refractivity contribution in [2.75, 3.05) is 12.4 Å². The first-order valence-corrected chi connectivity index (χ1v) is 10.4. The van der Waals surface area contributed by atoms with Crippen molar-refractivity contribution in [3.8, 4) is 11.5 Å². The van der Waals surface area contributed by atoms with E-state index in [9.17, 15) is 4.79 Å². The Hall–Kier alpha value is -3.77.